The van der Waals surface area contributed by atoms with Gasteiger partial charge in [-0.15, -0.1) is 0 Å². The minimum Gasteiger partial charge on any atom is -0.494 e. The average molecular weight is 384 g/mol. The molecule has 1 aliphatic heterocycles. The number of benzene rings is 2. The summed E-state index contributed by atoms with van der Waals surface area (Å²) in [6, 6.07) is 16.6. The molecule has 1 saturated heterocycles. The van der Waals surface area contributed by atoms with Gasteiger partial charge in [-0.05, 0) is 62.4 Å². The Bertz CT molecular complexity index is 734. The minimum atomic E-state index is -0.0286. The first-order valence-corrected chi connectivity index (χ1v) is 10.4. The van der Waals surface area contributed by atoms with Gasteiger partial charge in [0.1, 0.15) is 5.75 Å². The molecule has 1 fully saturated rings. The fourth-order valence-electron chi connectivity index (χ4n) is 4.32. The summed E-state index contributed by atoms with van der Waals surface area (Å²) >= 11 is 0. The molecule has 4 heteroatoms. The van der Waals surface area contributed by atoms with Gasteiger partial charge in [0.05, 0.1) is 13.2 Å². The van der Waals surface area contributed by atoms with Crippen molar-refractivity contribution in [1.82, 2.24) is 4.90 Å². The van der Waals surface area contributed by atoms with Crippen LogP contribution in [0.4, 0.5) is 0 Å². The number of nitrogens with zero attached hydrogens (tertiary/aromatic N) is 1. The smallest absolute Gasteiger partial charge is 0.124 e. The summed E-state index contributed by atoms with van der Waals surface area (Å²) in [5.74, 6) is 0.764. The van der Waals surface area contributed by atoms with E-state index in [4.69, 9.17) is 4.74 Å². The number of hydrogen-bond donors (Lipinski definition) is 2. The Balaban J connectivity index is 1.64. The van der Waals surface area contributed by atoms with Crippen molar-refractivity contribution in [3.8, 4) is 5.75 Å². The van der Waals surface area contributed by atoms with Crippen LogP contribution in [0.3, 0.4) is 0 Å². The van der Waals surface area contributed by atoms with Gasteiger partial charge in [0, 0.05) is 30.7 Å². The highest BCUT2D eigenvalue weighted by molar-refractivity contribution is 5.37. The normalized spacial score (nSPS) is 20.2. The first-order valence-electron chi connectivity index (χ1n) is 10.4. The van der Waals surface area contributed by atoms with Gasteiger partial charge < -0.3 is 14.9 Å². The Labute approximate surface area is 168 Å². The van der Waals surface area contributed by atoms with Crippen molar-refractivity contribution in [2.75, 3.05) is 26.3 Å². The Morgan fingerprint density at radius 1 is 1.07 bits per heavy atom. The lowest BCUT2D eigenvalue weighted by atomic mass is 9.76. The number of hydrogen-bond acceptors (Lipinski definition) is 4. The fourth-order valence-corrected chi connectivity index (χ4v) is 4.32. The standard InChI is InChI=1S/C24H33NO3/c1-2-28-23-10-9-21(15-22(23)17-26)16-25-14-6-12-24(18-25,19-27)13-11-20-7-4-3-5-8-20/h3-5,7-10,15,26-27H,2,6,11-14,16-19H2,1H3/t24-/m0/s1. The molecule has 1 heterocycles. The van der Waals surface area contributed by atoms with Crippen molar-refractivity contribution in [1.29, 1.82) is 0 Å². The monoisotopic (exact) mass is 383 g/mol. The lowest BCUT2D eigenvalue weighted by Crippen LogP contribution is -2.45. The van der Waals surface area contributed by atoms with Crippen molar-refractivity contribution < 1.29 is 14.9 Å². The van der Waals surface area contributed by atoms with E-state index in [2.05, 4.69) is 35.2 Å². The third kappa shape index (κ3) is 5.34. The molecule has 2 aromatic carbocycles. The molecule has 0 amide bonds. The zero-order chi connectivity index (χ0) is 19.8. The molecular weight excluding hydrogens is 350 g/mol. The van der Waals surface area contributed by atoms with Gasteiger partial charge in [0.2, 0.25) is 0 Å². The van der Waals surface area contributed by atoms with E-state index >= 15 is 0 Å². The first-order chi connectivity index (χ1) is 13.7. The number of ether oxygens (including phenoxy) is 1. The maximum absolute atomic E-state index is 10.2. The maximum Gasteiger partial charge on any atom is 0.124 e. The largest absolute Gasteiger partial charge is 0.494 e. The van der Waals surface area contributed by atoms with Gasteiger partial charge in [-0.2, -0.15) is 0 Å². The minimum absolute atomic E-state index is 0.0131. The van der Waals surface area contributed by atoms with E-state index < -0.39 is 0 Å². The molecule has 2 N–H and O–H groups in total. The molecule has 0 radical (unpaired) electrons. The van der Waals surface area contributed by atoms with Crippen LogP contribution in [-0.4, -0.2) is 41.4 Å². The topological polar surface area (TPSA) is 52.9 Å². The molecular formula is C24H33NO3. The van der Waals surface area contributed by atoms with Gasteiger partial charge in [-0.3, -0.25) is 4.90 Å². The highest BCUT2D eigenvalue weighted by Crippen LogP contribution is 2.35. The second-order valence-electron chi connectivity index (χ2n) is 7.99. The van der Waals surface area contributed by atoms with Gasteiger partial charge in [0.25, 0.3) is 0 Å². The van der Waals surface area contributed by atoms with Crippen molar-refractivity contribution in [2.45, 2.75) is 45.8 Å². The number of aliphatic hydroxyl groups is 2. The molecule has 0 aromatic heterocycles. The van der Waals surface area contributed by atoms with E-state index in [9.17, 15) is 10.2 Å². The Kier molecular flexibility index (Phi) is 7.49. The molecule has 28 heavy (non-hydrogen) atoms. The first kappa shape index (κ1) is 20.8. The number of rotatable bonds is 9. The molecule has 152 valence electrons. The van der Waals surface area contributed by atoms with E-state index in [-0.39, 0.29) is 18.6 Å². The average Bonchev–Trinajstić information content (AvgIpc) is 2.74. The number of aliphatic hydroxyl groups excluding tert-OH is 2. The van der Waals surface area contributed by atoms with E-state index in [0.717, 1.165) is 56.6 Å². The third-order valence-electron chi connectivity index (χ3n) is 5.86. The summed E-state index contributed by atoms with van der Waals surface area (Å²) in [5.41, 5.74) is 3.34. The Hall–Kier alpha value is -1.88. The predicted molar refractivity (Wildman–Crippen MR) is 112 cm³/mol. The second-order valence-corrected chi connectivity index (χ2v) is 7.99. The molecule has 1 aliphatic rings. The van der Waals surface area contributed by atoms with E-state index in [0.29, 0.717) is 6.61 Å². The van der Waals surface area contributed by atoms with Gasteiger partial charge in [0.15, 0.2) is 0 Å². The van der Waals surface area contributed by atoms with Crippen molar-refractivity contribution in [3.05, 3.63) is 65.2 Å². The predicted octanol–water partition coefficient (Wildman–Crippen LogP) is 3.78. The molecule has 1 atom stereocenters. The fraction of sp³-hybridized carbons (Fsp3) is 0.500. The third-order valence-corrected chi connectivity index (χ3v) is 5.86. The highest BCUT2D eigenvalue weighted by Gasteiger charge is 2.34. The van der Waals surface area contributed by atoms with Crippen LogP contribution >= 0.6 is 0 Å². The summed E-state index contributed by atoms with van der Waals surface area (Å²) in [4.78, 5) is 2.45. The van der Waals surface area contributed by atoms with Crippen LogP contribution in [0.25, 0.3) is 0 Å². The molecule has 4 nitrogen and oxygen atoms in total. The highest BCUT2D eigenvalue weighted by atomic mass is 16.5. The molecule has 0 spiro atoms. The molecule has 0 unspecified atom stereocenters. The van der Waals surface area contributed by atoms with Crippen LogP contribution in [0, 0.1) is 5.41 Å². The summed E-state index contributed by atoms with van der Waals surface area (Å²) in [6.07, 6.45) is 4.21. The van der Waals surface area contributed by atoms with Crippen LogP contribution in [0.1, 0.15) is 42.9 Å². The zero-order valence-electron chi connectivity index (χ0n) is 16.9. The summed E-state index contributed by atoms with van der Waals surface area (Å²) in [5, 5.41) is 19.9. The van der Waals surface area contributed by atoms with E-state index in [1.54, 1.807) is 0 Å². The van der Waals surface area contributed by atoms with Gasteiger partial charge in [-0.1, -0.05) is 36.4 Å². The van der Waals surface area contributed by atoms with E-state index in [1.165, 1.54) is 11.1 Å². The summed E-state index contributed by atoms with van der Waals surface area (Å²) in [6.45, 7) is 5.58. The molecule has 2 aromatic rings. The van der Waals surface area contributed by atoms with Crippen LogP contribution in [0.15, 0.2) is 48.5 Å². The second kappa shape index (κ2) is 10.1. The summed E-state index contributed by atoms with van der Waals surface area (Å²) < 4.78 is 5.59. The zero-order valence-corrected chi connectivity index (χ0v) is 16.9. The van der Waals surface area contributed by atoms with Gasteiger partial charge >= 0.3 is 0 Å². The van der Waals surface area contributed by atoms with Crippen LogP contribution in [-0.2, 0) is 19.6 Å². The summed E-state index contributed by atoms with van der Waals surface area (Å²) in [7, 11) is 0. The molecule has 0 aliphatic carbocycles. The molecule has 0 saturated carbocycles. The number of aryl methyl sites for hydroxylation is 1. The van der Waals surface area contributed by atoms with Crippen molar-refractivity contribution in [3.63, 3.8) is 0 Å². The van der Waals surface area contributed by atoms with E-state index in [1.807, 2.05) is 25.1 Å². The number of likely N-dealkylation sites (tertiary alicyclic amines) is 1. The SMILES string of the molecule is CCOc1ccc(CN2CCC[C@](CO)(CCc3ccccc3)C2)cc1CO. The van der Waals surface area contributed by atoms with Crippen molar-refractivity contribution in [2.24, 2.45) is 5.41 Å². The lowest BCUT2D eigenvalue weighted by Gasteiger charge is -2.42. The maximum atomic E-state index is 10.2. The van der Waals surface area contributed by atoms with Crippen molar-refractivity contribution >= 4 is 0 Å². The number of piperidine rings is 1. The molecule has 3 rings (SSSR count). The van der Waals surface area contributed by atoms with Gasteiger partial charge in [-0.25, -0.2) is 0 Å². The molecule has 0 bridgehead atoms. The van der Waals surface area contributed by atoms with Crippen LogP contribution < -0.4 is 4.74 Å². The van der Waals surface area contributed by atoms with Crippen LogP contribution in [0.5, 0.6) is 5.75 Å². The quantitative estimate of drug-likeness (QED) is 0.692. The van der Waals surface area contributed by atoms with Crippen LogP contribution in [0.2, 0.25) is 0 Å². The lowest BCUT2D eigenvalue weighted by molar-refractivity contribution is 0.0224. The Morgan fingerprint density at radius 3 is 2.61 bits per heavy atom. The Morgan fingerprint density at radius 2 is 1.89 bits per heavy atom.